The minimum absolute atomic E-state index is 0.773. The Balaban J connectivity index is 1.36. The van der Waals surface area contributed by atoms with Gasteiger partial charge in [-0.2, -0.15) is 4.52 Å². The van der Waals surface area contributed by atoms with E-state index in [-0.39, 0.29) is 0 Å². The standard InChI is InChI=1S/C17H20N8/c1-12-19-14-4-2-3-13(14)17(20-12)24-9-7-23(8-10-24)16-6-5-15-21-18-11-25(15)22-16/h5-6,11H,2-4,7-10H2,1H3. The average molecular weight is 336 g/mol. The van der Waals surface area contributed by atoms with Crippen LogP contribution in [0.1, 0.15) is 23.5 Å². The Bertz CT molecular complexity index is 926. The van der Waals surface area contributed by atoms with Crippen molar-refractivity contribution in [1.82, 2.24) is 29.8 Å². The SMILES string of the molecule is Cc1nc2c(c(N3CCN(c4ccc5nncn5n4)CC3)n1)CCC2. The van der Waals surface area contributed by atoms with Gasteiger partial charge in [0.1, 0.15) is 23.8 Å². The highest BCUT2D eigenvalue weighted by molar-refractivity contribution is 5.53. The van der Waals surface area contributed by atoms with Crippen molar-refractivity contribution in [2.75, 3.05) is 36.0 Å². The van der Waals surface area contributed by atoms with Crippen molar-refractivity contribution in [3.63, 3.8) is 0 Å². The van der Waals surface area contributed by atoms with Gasteiger partial charge in [-0.1, -0.05) is 0 Å². The molecule has 1 fully saturated rings. The Kier molecular flexibility index (Phi) is 3.29. The molecule has 1 saturated heterocycles. The van der Waals surface area contributed by atoms with Crippen molar-refractivity contribution in [2.24, 2.45) is 0 Å². The van der Waals surface area contributed by atoms with Gasteiger partial charge in [0.25, 0.3) is 0 Å². The molecule has 0 N–H and O–H groups in total. The summed E-state index contributed by atoms with van der Waals surface area (Å²) in [5.41, 5.74) is 3.39. The minimum Gasteiger partial charge on any atom is -0.353 e. The number of aromatic nitrogens is 6. The van der Waals surface area contributed by atoms with Crippen molar-refractivity contribution < 1.29 is 0 Å². The van der Waals surface area contributed by atoms with Crippen molar-refractivity contribution in [1.29, 1.82) is 0 Å². The summed E-state index contributed by atoms with van der Waals surface area (Å²) in [6.07, 6.45) is 5.04. The third kappa shape index (κ3) is 2.48. The maximum Gasteiger partial charge on any atom is 0.177 e. The van der Waals surface area contributed by atoms with Gasteiger partial charge >= 0.3 is 0 Å². The van der Waals surface area contributed by atoms with Crippen LogP contribution in [0.15, 0.2) is 18.5 Å². The second-order valence-electron chi connectivity index (χ2n) is 6.67. The molecule has 8 heteroatoms. The Morgan fingerprint density at radius 3 is 2.68 bits per heavy atom. The van der Waals surface area contributed by atoms with E-state index in [0.717, 1.165) is 62.1 Å². The van der Waals surface area contributed by atoms with E-state index in [2.05, 4.69) is 30.1 Å². The molecule has 128 valence electrons. The Morgan fingerprint density at radius 2 is 1.80 bits per heavy atom. The molecule has 0 radical (unpaired) electrons. The molecule has 8 nitrogen and oxygen atoms in total. The fourth-order valence-corrected chi connectivity index (χ4v) is 3.83. The first-order valence-electron chi connectivity index (χ1n) is 8.81. The van der Waals surface area contributed by atoms with Gasteiger partial charge in [-0.05, 0) is 38.3 Å². The van der Waals surface area contributed by atoms with Crippen LogP contribution in [0, 0.1) is 6.92 Å². The molecule has 2 aliphatic rings. The number of anilines is 2. The highest BCUT2D eigenvalue weighted by Crippen LogP contribution is 2.29. The van der Waals surface area contributed by atoms with Gasteiger partial charge in [-0.3, -0.25) is 0 Å². The number of hydrogen-bond acceptors (Lipinski definition) is 7. The summed E-state index contributed by atoms with van der Waals surface area (Å²) in [7, 11) is 0. The van der Waals surface area contributed by atoms with Crippen LogP contribution in [-0.4, -0.2) is 56.0 Å². The van der Waals surface area contributed by atoms with Crippen molar-refractivity contribution in [2.45, 2.75) is 26.2 Å². The zero-order valence-electron chi connectivity index (χ0n) is 14.3. The Morgan fingerprint density at radius 1 is 0.960 bits per heavy atom. The lowest BCUT2D eigenvalue weighted by Gasteiger charge is -2.36. The van der Waals surface area contributed by atoms with Crippen LogP contribution < -0.4 is 9.80 Å². The molecule has 0 spiro atoms. The van der Waals surface area contributed by atoms with Crippen LogP contribution in [0.25, 0.3) is 5.65 Å². The molecule has 0 amide bonds. The van der Waals surface area contributed by atoms with E-state index in [0.29, 0.717) is 0 Å². The number of fused-ring (bicyclic) bond motifs is 2. The number of nitrogens with zero attached hydrogens (tertiary/aromatic N) is 8. The van der Waals surface area contributed by atoms with Gasteiger partial charge in [0, 0.05) is 37.4 Å². The normalized spacial score (nSPS) is 17.3. The maximum absolute atomic E-state index is 4.76. The largest absolute Gasteiger partial charge is 0.353 e. The zero-order valence-corrected chi connectivity index (χ0v) is 14.3. The van der Waals surface area contributed by atoms with Crippen molar-refractivity contribution in [3.05, 3.63) is 35.5 Å². The summed E-state index contributed by atoms with van der Waals surface area (Å²) in [5, 5.41) is 12.5. The fraction of sp³-hybridized carbons (Fsp3) is 0.471. The van der Waals surface area contributed by atoms with Crippen LogP contribution in [0.5, 0.6) is 0 Å². The lowest BCUT2D eigenvalue weighted by atomic mass is 10.2. The first-order valence-corrected chi connectivity index (χ1v) is 8.81. The molecule has 1 aliphatic heterocycles. The van der Waals surface area contributed by atoms with E-state index < -0.39 is 0 Å². The third-order valence-electron chi connectivity index (χ3n) is 5.07. The second kappa shape index (κ2) is 5.65. The number of piperazine rings is 1. The van der Waals surface area contributed by atoms with Gasteiger partial charge in [-0.25, -0.2) is 9.97 Å². The summed E-state index contributed by atoms with van der Waals surface area (Å²) in [5.74, 6) is 3.01. The molecule has 3 aromatic heterocycles. The van der Waals surface area contributed by atoms with Gasteiger partial charge in [-0.15, -0.1) is 15.3 Å². The van der Waals surface area contributed by atoms with Crippen LogP contribution in [0.4, 0.5) is 11.6 Å². The molecule has 0 bridgehead atoms. The Labute approximate surface area is 145 Å². The van der Waals surface area contributed by atoms with Crippen molar-refractivity contribution >= 4 is 17.3 Å². The highest BCUT2D eigenvalue weighted by Gasteiger charge is 2.25. The summed E-state index contributed by atoms with van der Waals surface area (Å²) in [6.45, 7) is 5.75. The Hall–Kier alpha value is -2.77. The van der Waals surface area contributed by atoms with Gasteiger partial charge < -0.3 is 9.80 Å². The molecule has 0 unspecified atom stereocenters. The third-order valence-corrected chi connectivity index (χ3v) is 5.07. The molecule has 0 saturated carbocycles. The minimum atomic E-state index is 0.773. The molecule has 25 heavy (non-hydrogen) atoms. The smallest absolute Gasteiger partial charge is 0.177 e. The fourth-order valence-electron chi connectivity index (χ4n) is 3.83. The van der Waals surface area contributed by atoms with Crippen molar-refractivity contribution in [3.8, 4) is 0 Å². The van der Waals surface area contributed by atoms with Gasteiger partial charge in [0.2, 0.25) is 0 Å². The predicted octanol–water partition coefficient (Wildman–Crippen LogP) is 1.04. The van der Waals surface area contributed by atoms with E-state index >= 15 is 0 Å². The molecule has 4 heterocycles. The summed E-state index contributed by atoms with van der Waals surface area (Å²) < 4.78 is 1.72. The van der Waals surface area contributed by atoms with Crippen LogP contribution >= 0.6 is 0 Å². The predicted molar refractivity (Wildman–Crippen MR) is 94.0 cm³/mol. The van der Waals surface area contributed by atoms with E-state index in [9.17, 15) is 0 Å². The molecular weight excluding hydrogens is 316 g/mol. The molecule has 0 aromatic carbocycles. The maximum atomic E-state index is 4.76. The molecule has 3 aromatic rings. The van der Waals surface area contributed by atoms with Gasteiger partial charge in [0.15, 0.2) is 5.65 Å². The lowest BCUT2D eigenvalue weighted by Crippen LogP contribution is -2.47. The van der Waals surface area contributed by atoms with E-state index in [4.69, 9.17) is 4.98 Å². The van der Waals surface area contributed by atoms with Crippen LogP contribution in [-0.2, 0) is 12.8 Å². The zero-order chi connectivity index (χ0) is 16.8. The van der Waals surface area contributed by atoms with Crippen LogP contribution in [0.3, 0.4) is 0 Å². The monoisotopic (exact) mass is 336 g/mol. The number of aryl methyl sites for hydroxylation is 2. The van der Waals surface area contributed by atoms with E-state index in [1.807, 2.05) is 19.1 Å². The summed E-state index contributed by atoms with van der Waals surface area (Å²) in [6, 6.07) is 3.98. The first-order chi connectivity index (χ1) is 12.3. The van der Waals surface area contributed by atoms with E-state index in [1.165, 1.54) is 17.7 Å². The lowest BCUT2D eigenvalue weighted by molar-refractivity contribution is 0.632. The molecule has 0 atom stereocenters. The summed E-state index contributed by atoms with van der Waals surface area (Å²) in [4.78, 5) is 14.1. The van der Waals surface area contributed by atoms with Gasteiger partial charge in [0.05, 0.1) is 0 Å². The first kappa shape index (κ1) is 14.6. The van der Waals surface area contributed by atoms with E-state index in [1.54, 1.807) is 10.8 Å². The summed E-state index contributed by atoms with van der Waals surface area (Å²) >= 11 is 0. The average Bonchev–Trinajstić information content (AvgIpc) is 3.29. The second-order valence-corrected chi connectivity index (χ2v) is 6.67. The quantitative estimate of drug-likeness (QED) is 0.692. The number of rotatable bonds is 2. The highest BCUT2D eigenvalue weighted by atomic mass is 15.4. The van der Waals surface area contributed by atoms with Crippen LogP contribution in [0.2, 0.25) is 0 Å². The molecular formula is C17H20N8. The number of hydrogen-bond donors (Lipinski definition) is 0. The topological polar surface area (TPSA) is 75.3 Å². The molecule has 5 rings (SSSR count). The molecule has 1 aliphatic carbocycles.